The molecule has 4 aliphatic rings. The second-order valence-electron chi connectivity index (χ2n) is 11.5. The molecule has 0 saturated heterocycles. The quantitative estimate of drug-likeness (QED) is 0.762. The van der Waals surface area contributed by atoms with Crippen molar-refractivity contribution in [1.29, 1.82) is 0 Å². The summed E-state index contributed by atoms with van der Waals surface area (Å²) in [6, 6.07) is 0. The number of carbonyl (C=O) groups excluding carboxylic acids is 1. The third kappa shape index (κ3) is 2.93. The first-order valence-electron chi connectivity index (χ1n) is 11.8. The van der Waals surface area contributed by atoms with E-state index in [9.17, 15) is 9.90 Å². The topological polar surface area (TPSA) is 80.9 Å². The third-order valence-corrected chi connectivity index (χ3v) is 9.72. The molecule has 3 saturated carbocycles. The van der Waals surface area contributed by atoms with Gasteiger partial charge in [0.05, 0.1) is 5.60 Å². The highest BCUT2D eigenvalue weighted by molar-refractivity contribution is 5.82. The summed E-state index contributed by atoms with van der Waals surface area (Å²) in [4.78, 5) is 13.3. The lowest BCUT2D eigenvalue weighted by atomic mass is 9.47. The number of hydrogen-bond donors (Lipinski definition) is 1. The summed E-state index contributed by atoms with van der Waals surface area (Å²) in [6.07, 6.45) is 11.0. The predicted octanol–water partition coefficient (Wildman–Crippen LogP) is 3.88. The Morgan fingerprint density at radius 1 is 1.20 bits per heavy atom. The van der Waals surface area contributed by atoms with Crippen LogP contribution in [0.2, 0.25) is 0 Å². The molecule has 7 atom stereocenters. The van der Waals surface area contributed by atoms with E-state index >= 15 is 0 Å². The summed E-state index contributed by atoms with van der Waals surface area (Å²) >= 11 is 0. The number of allylic oxidation sites excluding steroid dienone is 2. The lowest BCUT2D eigenvalue weighted by Crippen LogP contribution is -2.51. The molecule has 1 aromatic rings. The van der Waals surface area contributed by atoms with Crippen LogP contribution >= 0.6 is 0 Å². The van der Waals surface area contributed by atoms with Crippen LogP contribution in [0.4, 0.5) is 0 Å². The highest BCUT2D eigenvalue weighted by Crippen LogP contribution is 2.66. The van der Waals surface area contributed by atoms with E-state index in [2.05, 4.69) is 35.4 Å². The van der Waals surface area contributed by atoms with Gasteiger partial charge < -0.3 is 5.11 Å². The van der Waals surface area contributed by atoms with E-state index in [0.717, 1.165) is 38.5 Å². The van der Waals surface area contributed by atoms with E-state index in [4.69, 9.17) is 0 Å². The van der Waals surface area contributed by atoms with E-state index in [1.54, 1.807) is 10.3 Å². The Morgan fingerprint density at radius 3 is 2.73 bits per heavy atom. The van der Waals surface area contributed by atoms with Crippen molar-refractivity contribution in [2.24, 2.45) is 34.5 Å². The van der Waals surface area contributed by atoms with Crippen LogP contribution in [0.25, 0.3) is 0 Å². The van der Waals surface area contributed by atoms with Gasteiger partial charge in [0.25, 0.3) is 0 Å². The maximum Gasteiger partial charge on any atom is 0.158 e. The average molecular weight is 413 g/mol. The monoisotopic (exact) mass is 412 g/mol. The zero-order valence-corrected chi connectivity index (χ0v) is 18.9. The first-order valence-corrected chi connectivity index (χ1v) is 11.8. The second-order valence-corrected chi connectivity index (χ2v) is 11.5. The molecule has 0 bridgehead atoms. The molecule has 0 unspecified atom stereocenters. The molecule has 0 radical (unpaired) electrons. The van der Waals surface area contributed by atoms with Crippen LogP contribution in [-0.4, -0.2) is 36.7 Å². The number of carbonyl (C=O) groups is 1. The minimum atomic E-state index is -0.500. The molecule has 0 spiro atoms. The van der Waals surface area contributed by atoms with E-state index in [1.165, 1.54) is 12.8 Å². The van der Waals surface area contributed by atoms with Crippen LogP contribution in [0.3, 0.4) is 0 Å². The van der Waals surface area contributed by atoms with Crippen molar-refractivity contribution in [1.82, 2.24) is 20.2 Å². The largest absolute Gasteiger partial charge is 0.390 e. The van der Waals surface area contributed by atoms with Crippen LogP contribution in [0.1, 0.15) is 78.0 Å². The molecule has 0 aromatic carbocycles. The van der Waals surface area contributed by atoms with Gasteiger partial charge in [-0.25, -0.2) is 4.68 Å². The normalized spacial score (nSPS) is 45.3. The average Bonchev–Trinajstić information content (AvgIpc) is 3.24. The minimum absolute atomic E-state index is 0.0521. The number of Topliss-reactive ketones (excluding diaryl/α,β-unsaturated/α-hetero) is 1. The van der Waals surface area contributed by atoms with Gasteiger partial charge in [-0.3, -0.25) is 4.79 Å². The third-order valence-electron chi connectivity index (χ3n) is 9.72. The van der Waals surface area contributed by atoms with Gasteiger partial charge in [-0.05, 0) is 104 Å². The van der Waals surface area contributed by atoms with Crippen molar-refractivity contribution in [2.75, 3.05) is 0 Å². The Balaban J connectivity index is 1.40. The zero-order chi connectivity index (χ0) is 21.3. The SMILES string of the molecule is Cc1nnnn1CC(=O)[C@H]1CC[C@H]2[C@@H]3CC[C@H]4C[C@](C)(O)CC[C@]4(C)C3=CC[C@]12C. The van der Waals surface area contributed by atoms with Crippen molar-refractivity contribution < 1.29 is 9.90 Å². The summed E-state index contributed by atoms with van der Waals surface area (Å²) in [6.45, 7) is 8.99. The van der Waals surface area contributed by atoms with E-state index in [1.807, 2.05) is 13.8 Å². The van der Waals surface area contributed by atoms with Gasteiger partial charge >= 0.3 is 0 Å². The summed E-state index contributed by atoms with van der Waals surface area (Å²) in [5.74, 6) is 2.90. The second kappa shape index (κ2) is 6.72. The van der Waals surface area contributed by atoms with Gasteiger partial charge in [-0.2, -0.15) is 0 Å². The molecule has 3 fully saturated rings. The number of hydrogen-bond acceptors (Lipinski definition) is 5. The lowest BCUT2D eigenvalue weighted by molar-refractivity contribution is -0.128. The fourth-order valence-corrected chi connectivity index (χ4v) is 7.88. The molecule has 30 heavy (non-hydrogen) atoms. The lowest BCUT2D eigenvalue weighted by Gasteiger charge is -2.58. The summed E-state index contributed by atoms with van der Waals surface area (Å²) in [5, 5.41) is 22.3. The Labute approximate surface area is 179 Å². The fourth-order valence-electron chi connectivity index (χ4n) is 7.88. The number of rotatable bonds is 3. The molecular weight excluding hydrogens is 376 g/mol. The number of fused-ring (bicyclic) bond motifs is 5. The number of tetrazole rings is 1. The highest BCUT2D eigenvalue weighted by Gasteiger charge is 2.59. The Hall–Kier alpha value is -1.56. The number of aliphatic hydroxyl groups is 1. The summed E-state index contributed by atoms with van der Waals surface area (Å²) in [5.41, 5.74) is 1.45. The number of aryl methyl sites for hydroxylation is 1. The van der Waals surface area contributed by atoms with Crippen molar-refractivity contribution in [3.63, 3.8) is 0 Å². The van der Waals surface area contributed by atoms with Crippen molar-refractivity contribution >= 4 is 5.78 Å². The van der Waals surface area contributed by atoms with E-state index in [0.29, 0.717) is 35.9 Å². The molecule has 0 aliphatic heterocycles. The molecule has 0 amide bonds. The molecule has 4 aliphatic carbocycles. The maximum atomic E-state index is 13.3. The van der Waals surface area contributed by atoms with Gasteiger partial charge in [0.2, 0.25) is 0 Å². The van der Waals surface area contributed by atoms with E-state index < -0.39 is 5.60 Å². The molecular formula is C24H36N4O2. The molecule has 1 N–H and O–H groups in total. The predicted molar refractivity (Wildman–Crippen MR) is 113 cm³/mol. The molecule has 1 aromatic heterocycles. The smallest absolute Gasteiger partial charge is 0.158 e. The molecule has 5 rings (SSSR count). The number of aromatic nitrogens is 4. The first-order chi connectivity index (χ1) is 14.1. The number of ketones is 1. The molecule has 1 heterocycles. The van der Waals surface area contributed by atoms with Gasteiger partial charge in [0.1, 0.15) is 12.4 Å². The number of nitrogens with zero attached hydrogens (tertiary/aromatic N) is 4. The first kappa shape index (κ1) is 20.3. The Morgan fingerprint density at radius 2 is 2.00 bits per heavy atom. The van der Waals surface area contributed by atoms with Crippen molar-refractivity contribution in [3.05, 3.63) is 17.5 Å². The standard InChI is InChI=1S/C24H36N4O2/c1-15-25-26-27-28(15)14-21(29)20-8-7-18-17-6-5-16-13-22(2,30)11-12-23(16,3)19(17)9-10-24(18,20)4/h9,16-18,20,30H,5-8,10-14H2,1-4H3/t16-,17-,18-,20+,22+,23-,24-/m0/s1. The highest BCUT2D eigenvalue weighted by atomic mass is 16.3. The summed E-state index contributed by atoms with van der Waals surface area (Å²) < 4.78 is 1.64. The van der Waals surface area contributed by atoms with Crippen LogP contribution < -0.4 is 0 Å². The van der Waals surface area contributed by atoms with Crippen molar-refractivity contribution in [3.8, 4) is 0 Å². The maximum absolute atomic E-state index is 13.3. The van der Waals surface area contributed by atoms with Gasteiger partial charge in [-0.1, -0.05) is 25.5 Å². The molecule has 6 heteroatoms. The van der Waals surface area contributed by atoms with Gasteiger partial charge in [0.15, 0.2) is 5.78 Å². The Bertz CT molecular complexity index is 890. The van der Waals surface area contributed by atoms with Crippen LogP contribution in [0.5, 0.6) is 0 Å². The van der Waals surface area contributed by atoms with Crippen LogP contribution in [-0.2, 0) is 11.3 Å². The Kier molecular flexibility index (Phi) is 4.56. The summed E-state index contributed by atoms with van der Waals surface area (Å²) in [7, 11) is 0. The zero-order valence-electron chi connectivity index (χ0n) is 18.9. The van der Waals surface area contributed by atoms with Crippen LogP contribution in [0, 0.1) is 41.4 Å². The molecule has 6 nitrogen and oxygen atoms in total. The molecule has 164 valence electrons. The van der Waals surface area contributed by atoms with Gasteiger partial charge in [0, 0.05) is 5.92 Å². The van der Waals surface area contributed by atoms with E-state index in [-0.39, 0.29) is 16.7 Å². The van der Waals surface area contributed by atoms with Gasteiger partial charge in [-0.15, -0.1) is 5.10 Å². The van der Waals surface area contributed by atoms with Crippen LogP contribution in [0.15, 0.2) is 11.6 Å². The van der Waals surface area contributed by atoms with Crippen molar-refractivity contribution in [2.45, 2.75) is 91.2 Å². The minimum Gasteiger partial charge on any atom is -0.390 e. The fraction of sp³-hybridized carbons (Fsp3) is 0.833.